The summed E-state index contributed by atoms with van der Waals surface area (Å²) < 4.78 is 74.4. The third kappa shape index (κ3) is 4.49. The summed E-state index contributed by atoms with van der Waals surface area (Å²) in [6.45, 7) is 1.19. The second-order valence-corrected chi connectivity index (χ2v) is 9.66. The lowest BCUT2D eigenvalue weighted by Gasteiger charge is -2.36. The number of fused-ring (bicyclic) bond motifs is 2. The highest BCUT2D eigenvalue weighted by molar-refractivity contribution is 6.30. The van der Waals surface area contributed by atoms with E-state index in [-0.39, 0.29) is 34.6 Å². The number of anilines is 1. The fourth-order valence-electron chi connectivity index (χ4n) is 4.83. The lowest BCUT2D eigenvalue weighted by molar-refractivity contribution is -0.287. The molecule has 1 aliphatic heterocycles. The first-order valence-corrected chi connectivity index (χ1v) is 11.7. The predicted octanol–water partition coefficient (Wildman–Crippen LogP) is 4.59. The number of nitrogens with zero attached hydrogens (tertiary/aromatic N) is 6. The zero-order valence-corrected chi connectivity index (χ0v) is 19.8. The average Bonchev–Trinajstić information content (AvgIpc) is 3.39. The second kappa shape index (κ2) is 8.87. The van der Waals surface area contributed by atoms with Crippen LogP contribution < -0.4 is 15.4 Å². The minimum Gasteiger partial charge on any atom is -0.424 e. The molecule has 2 atom stereocenters. The highest BCUT2D eigenvalue weighted by atomic mass is 35.5. The van der Waals surface area contributed by atoms with Crippen LogP contribution in [0.15, 0.2) is 30.5 Å². The number of aromatic nitrogens is 5. The Morgan fingerprint density at radius 3 is 2.47 bits per heavy atom. The van der Waals surface area contributed by atoms with E-state index in [2.05, 4.69) is 15.1 Å². The first kappa shape index (κ1) is 24.8. The number of hydrogen-bond donors (Lipinski definition) is 1. The molecule has 2 fully saturated rings. The Morgan fingerprint density at radius 2 is 1.83 bits per heavy atom. The van der Waals surface area contributed by atoms with E-state index < -0.39 is 24.7 Å². The lowest BCUT2D eigenvalue weighted by Crippen LogP contribution is -2.49. The maximum absolute atomic E-state index is 14.0. The number of halogens is 6. The summed E-state index contributed by atoms with van der Waals surface area (Å²) >= 11 is 5.95. The fourth-order valence-corrected chi connectivity index (χ4v) is 5.01. The van der Waals surface area contributed by atoms with Crippen molar-refractivity contribution < 1.29 is 26.7 Å². The Labute approximate surface area is 207 Å². The molecule has 3 aromatic rings. The van der Waals surface area contributed by atoms with Gasteiger partial charge in [-0.15, -0.1) is 5.10 Å². The average molecular weight is 532 g/mol. The van der Waals surface area contributed by atoms with Gasteiger partial charge in [-0.25, -0.2) is 14.2 Å². The Hall–Kier alpha value is -2.93. The van der Waals surface area contributed by atoms with Crippen LogP contribution in [0.1, 0.15) is 18.5 Å². The first-order valence-electron chi connectivity index (χ1n) is 11.3. The molecule has 8 nitrogen and oxygen atoms in total. The molecular formula is C22H23ClF5N7O. The number of rotatable bonds is 6. The molecule has 14 heteroatoms. The number of alkyl halides is 5. The van der Waals surface area contributed by atoms with E-state index in [0.717, 1.165) is 12.8 Å². The van der Waals surface area contributed by atoms with Gasteiger partial charge in [-0.1, -0.05) is 17.7 Å². The first-order chi connectivity index (χ1) is 16.9. The molecular weight excluding hydrogens is 509 g/mol. The van der Waals surface area contributed by atoms with Crippen molar-refractivity contribution in [2.45, 2.75) is 44.5 Å². The second-order valence-electron chi connectivity index (χ2n) is 9.23. The van der Waals surface area contributed by atoms with Crippen molar-refractivity contribution in [3.8, 4) is 17.7 Å². The lowest BCUT2D eigenvalue weighted by atomic mass is 9.93. The van der Waals surface area contributed by atoms with Crippen LogP contribution in [0, 0.1) is 18.8 Å². The molecule has 0 spiro atoms. The molecule has 1 saturated heterocycles. The smallest absolute Gasteiger partial charge is 0.424 e. The van der Waals surface area contributed by atoms with Gasteiger partial charge in [-0.3, -0.25) is 0 Å². The number of piperidine rings is 1. The quantitative estimate of drug-likeness (QED) is 0.468. The predicted molar refractivity (Wildman–Crippen MR) is 121 cm³/mol. The molecule has 2 unspecified atom stereocenters. The van der Waals surface area contributed by atoms with Crippen molar-refractivity contribution in [3.63, 3.8) is 0 Å². The maximum Gasteiger partial charge on any atom is 0.455 e. The summed E-state index contributed by atoms with van der Waals surface area (Å²) in [6, 6.07) is 5.50. The summed E-state index contributed by atoms with van der Waals surface area (Å²) in [7, 11) is 0. The van der Waals surface area contributed by atoms with Gasteiger partial charge in [0.05, 0.1) is 6.20 Å². The monoisotopic (exact) mass is 531 g/mol. The van der Waals surface area contributed by atoms with E-state index >= 15 is 0 Å². The SMILES string of the molecule is Cc1cnc(N2CC3CCC(C2)C3N)n1-c1nc(Oc2cccc(Cl)c2)n(CC(F)(F)C(F)(F)F)n1. The van der Waals surface area contributed by atoms with Crippen LogP contribution in [0.2, 0.25) is 5.02 Å². The van der Waals surface area contributed by atoms with E-state index in [9.17, 15) is 22.0 Å². The minimum atomic E-state index is -5.78. The molecule has 3 heterocycles. The highest BCUT2D eigenvalue weighted by Gasteiger charge is 2.58. The molecule has 36 heavy (non-hydrogen) atoms. The molecule has 0 amide bonds. The molecule has 2 aliphatic rings. The normalized spacial score (nSPS) is 22.3. The Morgan fingerprint density at radius 1 is 1.14 bits per heavy atom. The number of imidazole rings is 1. The topological polar surface area (TPSA) is 87.0 Å². The Kier molecular flexibility index (Phi) is 6.10. The van der Waals surface area contributed by atoms with Gasteiger partial charge < -0.3 is 15.4 Å². The van der Waals surface area contributed by atoms with Crippen LogP contribution in [0.25, 0.3) is 5.95 Å². The van der Waals surface area contributed by atoms with E-state index in [1.54, 1.807) is 19.2 Å². The standard InChI is InChI=1S/C22H23ClF5N7O/c1-12-8-30-19(33-9-13-5-6-14(10-33)17(13)29)35(12)18-31-20(36-16-4-2-3-15(23)7-16)34(32-18)11-21(24,25)22(26,27)28/h2-4,7-8,13-14,17H,5-6,9-11,29H2,1H3. The van der Waals surface area contributed by atoms with Gasteiger partial charge in [0.15, 0.2) is 0 Å². The van der Waals surface area contributed by atoms with Crippen molar-refractivity contribution in [2.75, 3.05) is 18.0 Å². The van der Waals surface area contributed by atoms with Gasteiger partial charge in [-0.05, 0) is 49.8 Å². The molecule has 0 radical (unpaired) electrons. The van der Waals surface area contributed by atoms with E-state index in [4.69, 9.17) is 22.1 Å². The van der Waals surface area contributed by atoms with Gasteiger partial charge in [0, 0.05) is 29.8 Å². The summed E-state index contributed by atoms with van der Waals surface area (Å²) in [4.78, 5) is 10.7. The summed E-state index contributed by atoms with van der Waals surface area (Å²) in [6.07, 6.45) is -2.22. The summed E-state index contributed by atoms with van der Waals surface area (Å²) in [5.41, 5.74) is 6.88. The van der Waals surface area contributed by atoms with Gasteiger partial charge in [-0.2, -0.15) is 26.9 Å². The molecule has 1 aliphatic carbocycles. The number of aryl methyl sites for hydroxylation is 1. The van der Waals surface area contributed by atoms with E-state index in [1.165, 1.54) is 22.8 Å². The van der Waals surface area contributed by atoms with Crippen LogP contribution >= 0.6 is 11.6 Å². The molecule has 1 saturated carbocycles. The van der Waals surface area contributed by atoms with Gasteiger partial charge in [0.2, 0.25) is 5.95 Å². The van der Waals surface area contributed by atoms with Crippen molar-refractivity contribution in [1.82, 2.24) is 24.3 Å². The van der Waals surface area contributed by atoms with Crippen molar-refractivity contribution in [1.29, 1.82) is 0 Å². The van der Waals surface area contributed by atoms with E-state index in [1.807, 2.05) is 4.90 Å². The number of benzene rings is 1. The third-order valence-corrected chi connectivity index (χ3v) is 6.94. The molecule has 194 valence electrons. The Balaban J connectivity index is 1.53. The van der Waals surface area contributed by atoms with Gasteiger partial charge in [0.1, 0.15) is 12.3 Å². The number of hydrogen-bond acceptors (Lipinski definition) is 6. The molecule has 1 aromatic carbocycles. The van der Waals surface area contributed by atoms with Crippen molar-refractivity contribution in [3.05, 3.63) is 41.2 Å². The zero-order chi connectivity index (χ0) is 25.8. The number of nitrogens with two attached hydrogens (primary N) is 1. The largest absolute Gasteiger partial charge is 0.455 e. The number of ether oxygens (including phenoxy) is 1. The third-order valence-electron chi connectivity index (χ3n) is 6.70. The van der Waals surface area contributed by atoms with Crippen LogP contribution in [0.3, 0.4) is 0 Å². The van der Waals surface area contributed by atoms with Gasteiger partial charge >= 0.3 is 18.1 Å². The fraction of sp³-hybridized carbons (Fsp3) is 0.500. The van der Waals surface area contributed by atoms with Crippen LogP contribution in [0.5, 0.6) is 11.8 Å². The molecule has 5 rings (SSSR count). The summed E-state index contributed by atoms with van der Waals surface area (Å²) in [5, 5.41) is 4.28. The highest BCUT2D eigenvalue weighted by Crippen LogP contribution is 2.39. The maximum atomic E-state index is 14.0. The van der Waals surface area contributed by atoms with Crippen LogP contribution in [0.4, 0.5) is 27.9 Å². The van der Waals surface area contributed by atoms with Crippen molar-refractivity contribution in [2.24, 2.45) is 17.6 Å². The van der Waals surface area contributed by atoms with Crippen LogP contribution in [-0.2, 0) is 6.54 Å². The minimum absolute atomic E-state index is 0.0993. The van der Waals surface area contributed by atoms with Gasteiger partial charge in [0.25, 0.3) is 5.95 Å². The zero-order valence-electron chi connectivity index (χ0n) is 19.1. The van der Waals surface area contributed by atoms with E-state index in [0.29, 0.717) is 29.4 Å². The summed E-state index contributed by atoms with van der Waals surface area (Å²) in [5.74, 6) is -4.08. The van der Waals surface area contributed by atoms with Crippen LogP contribution in [-0.4, -0.2) is 55.5 Å². The molecule has 2 aromatic heterocycles. The Bertz CT molecular complexity index is 1250. The van der Waals surface area contributed by atoms with Crippen molar-refractivity contribution >= 4 is 17.5 Å². The molecule has 2 N–H and O–H groups in total. The molecule has 2 bridgehead atoms.